The van der Waals surface area contributed by atoms with Crippen molar-refractivity contribution in [3.05, 3.63) is 94.5 Å². The summed E-state index contributed by atoms with van der Waals surface area (Å²) in [5, 5.41) is 0. The normalized spacial score (nSPS) is 16.9. The van der Waals surface area contributed by atoms with Crippen LogP contribution in [0.15, 0.2) is 66.7 Å². The molecule has 0 spiro atoms. The van der Waals surface area contributed by atoms with Crippen molar-refractivity contribution in [2.24, 2.45) is 5.73 Å². The summed E-state index contributed by atoms with van der Waals surface area (Å²) in [6.45, 7) is 6.54. The molecule has 1 amide bonds. The van der Waals surface area contributed by atoms with E-state index >= 15 is 0 Å². The van der Waals surface area contributed by atoms with Gasteiger partial charge in [0.25, 0.3) is 5.91 Å². The van der Waals surface area contributed by atoms with Crippen molar-refractivity contribution in [2.45, 2.75) is 51.1 Å². The number of ether oxygens (including phenoxy) is 3. The van der Waals surface area contributed by atoms with Crippen LogP contribution >= 0.6 is 0 Å². The van der Waals surface area contributed by atoms with Crippen LogP contribution in [0, 0.1) is 0 Å². The van der Waals surface area contributed by atoms with Gasteiger partial charge >= 0.3 is 5.97 Å². The maximum absolute atomic E-state index is 14.3. The van der Waals surface area contributed by atoms with E-state index in [2.05, 4.69) is 20.8 Å². The van der Waals surface area contributed by atoms with Crippen molar-refractivity contribution in [3.8, 4) is 11.5 Å². The number of hydrogen-bond donors (Lipinski definition) is 1. The molecular weight excluding hydrogens is 480 g/mol. The highest BCUT2D eigenvalue weighted by Crippen LogP contribution is 2.39. The Morgan fingerprint density at radius 3 is 2.34 bits per heavy atom. The summed E-state index contributed by atoms with van der Waals surface area (Å²) < 4.78 is 16.6. The van der Waals surface area contributed by atoms with Gasteiger partial charge in [-0.3, -0.25) is 10.5 Å². The van der Waals surface area contributed by atoms with Gasteiger partial charge in [0.15, 0.2) is 0 Å². The molecule has 1 aliphatic heterocycles. The highest BCUT2D eigenvalue weighted by Gasteiger charge is 2.50. The minimum Gasteiger partial charge on any atom is -0.496 e. The molecule has 0 bridgehead atoms. The molecule has 1 atom stereocenters. The third-order valence-corrected chi connectivity index (χ3v) is 7.16. The Morgan fingerprint density at radius 2 is 1.71 bits per heavy atom. The van der Waals surface area contributed by atoms with E-state index in [0.29, 0.717) is 29.9 Å². The molecule has 4 rings (SSSR count). The van der Waals surface area contributed by atoms with Gasteiger partial charge in [-0.05, 0) is 51.9 Å². The van der Waals surface area contributed by atoms with Gasteiger partial charge in [0, 0.05) is 24.9 Å². The molecule has 2 N–H and O–H groups in total. The zero-order chi connectivity index (χ0) is 27.5. The van der Waals surface area contributed by atoms with Gasteiger partial charge in [0.1, 0.15) is 23.8 Å². The van der Waals surface area contributed by atoms with Crippen LogP contribution in [-0.2, 0) is 34.3 Å². The zero-order valence-electron chi connectivity index (χ0n) is 22.7. The van der Waals surface area contributed by atoms with Crippen molar-refractivity contribution in [2.75, 3.05) is 21.0 Å². The quantitative estimate of drug-likeness (QED) is 0.363. The summed E-state index contributed by atoms with van der Waals surface area (Å²) >= 11 is 0. The van der Waals surface area contributed by atoms with Crippen LogP contribution in [-0.4, -0.2) is 43.3 Å². The molecule has 0 saturated heterocycles. The number of methoxy groups -OCH3 is 2. The average Bonchev–Trinajstić information content (AvgIpc) is 2.91. The van der Waals surface area contributed by atoms with Crippen LogP contribution in [0.1, 0.15) is 53.4 Å². The van der Waals surface area contributed by atoms with Crippen molar-refractivity contribution in [1.29, 1.82) is 0 Å². The van der Waals surface area contributed by atoms with Gasteiger partial charge in [0.2, 0.25) is 0 Å². The molecule has 3 aromatic carbocycles. The predicted octanol–water partition coefficient (Wildman–Crippen LogP) is 4.64. The Bertz CT molecular complexity index is 1320. The first-order chi connectivity index (χ1) is 18.1. The lowest BCUT2D eigenvalue weighted by Crippen LogP contribution is -2.62. The minimum atomic E-state index is -1.24. The average molecular weight is 517 g/mol. The van der Waals surface area contributed by atoms with Crippen LogP contribution in [0.4, 0.5) is 0 Å². The first kappa shape index (κ1) is 27.2. The van der Waals surface area contributed by atoms with Crippen LogP contribution in [0.25, 0.3) is 0 Å². The van der Waals surface area contributed by atoms with Crippen molar-refractivity contribution in [3.63, 3.8) is 0 Å². The third kappa shape index (κ3) is 5.24. The van der Waals surface area contributed by atoms with Gasteiger partial charge < -0.3 is 19.1 Å². The molecule has 0 radical (unpaired) electrons. The lowest BCUT2D eigenvalue weighted by Gasteiger charge is -2.46. The molecule has 7 heteroatoms. The number of nitrogens with zero attached hydrogens (tertiary/aromatic N) is 1. The molecule has 0 aromatic heterocycles. The molecule has 0 aliphatic carbocycles. The Labute approximate surface area is 224 Å². The van der Waals surface area contributed by atoms with Crippen molar-refractivity contribution < 1.29 is 23.8 Å². The van der Waals surface area contributed by atoms with Crippen LogP contribution in [0.3, 0.4) is 0 Å². The fourth-order valence-electron chi connectivity index (χ4n) is 5.24. The topological polar surface area (TPSA) is 91.1 Å². The van der Waals surface area contributed by atoms with Crippen molar-refractivity contribution >= 4 is 11.9 Å². The fourth-order valence-corrected chi connectivity index (χ4v) is 5.24. The molecule has 0 saturated carbocycles. The number of fused-ring (bicyclic) bond motifs is 1. The molecule has 0 fully saturated rings. The summed E-state index contributed by atoms with van der Waals surface area (Å²) in [5.74, 6) is 0.511. The SMILES string of the molecule is COC(=O)C1(Cc2ccccc2)Cc2ccc(OCN)cc2CN1C(=O)c1ccc(C(C)(C)C)c(OC)c1. The Balaban J connectivity index is 1.86. The number of carbonyl (C=O) groups is 2. The first-order valence-corrected chi connectivity index (χ1v) is 12.7. The van der Waals surface area contributed by atoms with E-state index in [4.69, 9.17) is 19.9 Å². The molecule has 1 aliphatic rings. The second-order valence-electron chi connectivity index (χ2n) is 10.7. The maximum Gasteiger partial charge on any atom is 0.332 e. The van der Waals surface area contributed by atoms with Gasteiger partial charge in [-0.2, -0.15) is 0 Å². The van der Waals surface area contributed by atoms with E-state index in [1.54, 1.807) is 24.1 Å². The number of amides is 1. The summed E-state index contributed by atoms with van der Waals surface area (Å²) in [6.07, 6.45) is 0.611. The predicted molar refractivity (Wildman–Crippen MR) is 146 cm³/mol. The van der Waals surface area contributed by atoms with E-state index < -0.39 is 11.5 Å². The number of rotatable bonds is 7. The highest BCUT2D eigenvalue weighted by molar-refractivity contribution is 5.99. The molecule has 38 heavy (non-hydrogen) atoms. The number of benzene rings is 3. The molecule has 1 unspecified atom stereocenters. The molecule has 3 aromatic rings. The number of carbonyl (C=O) groups excluding carboxylic acids is 2. The minimum absolute atomic E-state index is 0.0431. The second kappa shape index (κ2) is 10.9. The molecule has 7 nitrogen and oxygen atoms in total. The molecular formula is C31H36N2O5. The standard InChI is InChI=1S/C31H36N2O5/c1-30(2,3)26-14-12-22(16-27(26)36-4)28(34)33-19-24-15-25(38-20-32)13-11-23(24)18-31(33,29(35)37-5)17-21-9-7-6-8-10-21/h6-16H,17-20,32H2,1-5H3. The Morgan fingerprint density at radius 1 is 0.974 bits per heavy atom. The van der Waals surface area contributed by atoms with Gasteiger partial charge in [-0.15, -0.1) is 0 Å². The molecule has 1 heterocycles. The van der Waals surface area contributed by atoms with Crippen LogP contribution in [0.5, 0.6) is 11.5 Å². The lowest BCUT2D eigenvalue weighted by atomic mass is 9.77. The van der Waals surface area contributed by atoms with E-state index in [0.717, 1.165) is 22.3 Å². The summed E-state index contributed by atoms with van der Waals surface area (Å²) in [6, 6.07) is 20.8. The summed E-state index contributed by atoms with van der Waals surface area (Å²) in [5.41, 5.74) is 8.40. The van der Waals surface area contributed by atoms with Crippen LogP contribution < -0.4 is 15.2 Å². The fraction of sp³-hybridized carbons (Fsp3) is 0.355. The smallest absolute Gasteiger partial charge is 0.332 e. The Hall–Kier alpha value is -3.84. The molecule has 200 valence electrons. The number of esters is 1. The number of nitrogens with two attached hydrogens (primary N) is 1. The maximum atomic E-state index is 14.3. The van der Waals surface area contributed by atoms with Gasteiger partial charge in [-0.1, -0.05) is 63.2 Å². The largest absolute Gasteiger partial charge is 0.496 e. The third-order valence-electron chi connectivity index (χ3n) is 7.16. The lowest BCUT2D eigenvalue weighted by molar-refractivity contribution is -0.154. The first-order valence-electron chi connectivity index (χ1n) is 12.7. The monoisotopic (exact) mass is 516 g/mol. The second-order valence-corrected chi connectivity index (χ2v) is 10.7. The van der Waals surface area contributed by atoms with E-state index in [-0.39, 0.29) is 24.6 Å². The number of hydrogen-bond acceptors (Lipinski definition) is 6. The van der Waals surface area contributed by atoms with Gasteiger partial charge in [-0.25, -0.2) is 4.79 Å². The van der Waals surface area contributed by atoms with Crippen LogP contribution in [0.2, 0.25) is 0 Å². The van der Waals surface area contributed by atoms with E-state index in [1.165, 1.54) is 7.11 Å². The van der Waals surface area contributed by atoms with E-state index in [9.17, 15) is 9.59 Å². The summed E-state index contributed by atoms with van der Waals surface area (Å²) in [7, 11) is 2.97. The van der Waals surface area contributed by atoms with E-state index in [1.807, 2.05) is 54.6 Å². The Kier molecular flexibility index (Phi) is 7.78. The highest BCUT2D eigenvalue weighted by atomic mass is 16.5. The zero-order valence-corrected chi connectivity index (χ0v) is 22.7. The summed E-state index contributed by atoms with van der Waals surface area (Å²) in [4.78, 5) is 29.6. The van der Waals surface area contributed by atoms with Gasteiger partial charge in [0.05, 0.1) is 14.2 Å². The van der Waals surface area contributed by atoms with Crippen molar-refractivity contribution in [1.82, 2.24) is 4.90 Å².